The van der Waals surface area contributed by atoms with E-state index in [1.807, 2.05) is 0 Å². The molecule has 0 radical (unpaired) electrons. The highest BCUT2D eigenvalue weighted by molar-refractivity contribution is 6.01. The second-order valence-electron chi connectivity index (χ2n) is 3.01. The molecule has 3 N–H and O–H groups in total. The highest BCUT2D eigenvalue weighted by Gasteiger charge is 2.47. The summed E-state index contributed by atoms with van der Waals surface area (Å²) < 4.78 is 0. The van der Waals surface area contributed by atoms with Crippen molar-refractivity contribution in [3.63, 3.8) is 0 Å². The zero-order valence-corrected chi connectivity index (χ0v) is 7.69. The first kappa shape index (κ1) is 12.4. The molecule has 0 saturated carbocycles. The molecule has 6 nitrogen and oxygen atoms in total. The van der Waals surface area contributed by atoms with E-state index in [9.17, 15) is 14.4 Å². The molecule has 0 saturated heterocycles. The van der Waals surface area contributed by atoms with Gasteiger partial charge in [0, 0.05) is 0 Å². The van der Waals surface area contributed by atoms with Crippen molar-refractivity contribution < 1.29 is 29.7 Å². The SMILES string of the molecule is CCCC(CC(=O)O)(C(=O)O)C(=O)O. The first-order chi connectivity index (χ1) is 6.36. The first-order valence-corrected chi connectivity index (χ1v) is 4.05. The Balaban J connectivity index is 5.04. The van der Waals surface area contributed by atoms with Gasteiger partial charge in [-0.2, -0.15) is 0 Å². The van der Waals surface area contributed by atoms with Gasteiger partial charge in [-0.3, -0.25) is 14.4 Å². The van der Waals surface area contributed by atoms with E-state index in [0.29, 0.717) is 6.42 Å². The lowest BCUT2D eigenvalue weighted by Crippen LogP contribution is -2.41. The van der Waals surface area contributed by atoms with Crippen molar-refractivity contribution >= 4 is 17.9 Å². The minimum absolute atomic E-state index is 0.191. The largest absolute Gasteiger partial charge is 0.481 e. The van der Waals surface area contributed by atoms with Gasteiger partial charge in [-0.15, -0.1) is 0 Å². The maximum absolute atomic E-state index is 10.7. The van der Waals surface area contributed by atoms with Gasteiger partial charge in [0.25, 0.3) is 0 Å². The Morgan fingerprint density at radius 3 is 1.71 bits per heavy atom. The smallest absolute Gasteiger partial charge is 0.321 e. The summed E-state index contributed by atoms with van der Waals surface area (Å²) in [6, 6.07) is 0. The van der Waals surface area contributed by atoms with Gasteiger partial charge in [0.2, 0.25) is 0 Å². The van der Waals surface area contributed by atoms with E-state index in [-0.39, 0.29) is 6.42 Å². The van der Waals surface area contributed by atoms with Gasteiger partial charge >= 0.3 is 17.9 Å². The van der Waals surface area contributed by atoms with Crippen LogP contribution in [0, 0.1) is 5.41 Å². The molecule has 0 unspecified atom stereocenters. The molecule has 6 heteroatoms. The normalized spacial score (nSPS) is 10.9. The minimum atomic E-state index is -2.19. The molecule has 0 aliphatic rings. The van der Waals surface area contributed by atoms with E-state index in [1.54, 1.807) is 6.92 Å². The minimum Gasteiger partial charge on any atom is -0.481 e. The lowest BCUT2D eigenvalue weighted by Gasteiger charge is -2.21. The van der Waals surface area contributed by atoms with Crippen LogP contribution in [0.25, 0.3) is 0 Å². The van der Waals surface area contributed by atoms with Crippen molar-refractivity contribution in [3.05, 3.63) is 0 Å². The zero-order valence-electron chi connectivity index (χ0n) is 7.69. The van der Waals surface area contributed by atoms with Crippen LogP contribution in [0.3, 0.4) is 0 Å². The Morgan fingerprint density at radius 2 is 1.50 bits per heavy atom. The predicted molar refractivity (Wildman–Crippen MR) is 44.9 cm³/mol. The lowest BCUT2D eigenvalue weighted by atomic mass is 9.80. The maximum atomic E-state index is 10.7. The molecule has 14 heavy (non-hydrogen) atoms. The van der Waals surface area contributed by atoms with Gasteiger partial charge in [-0.05, 0) is 6.42 Å². The number of carboxylic acids is 3. The third-order valence-corrected chi connectivity index (χ3v) is 1.95. The standard InChI is InChI=1S/C8H12O6/c1-2-3-8(6(11)12,7(13)14)4-5(9)10/h2-4H2,1H3,(H,9,10)(H,11,12)(H,13,14). The van der Waals surface area contributed by atoms with E-state index in [0.717, 1.165) is 0 Å². The number of carbonyl (C=O) groups is 3. The summed E-state index contributed by atoms with van der Waals surface area (Å²) in [5.41, 5.74) is -2.19. The molecule has 0 aliphatic carbocycles. The van der Waals surface area contributed by atoms with E-state index in [4.69, 9.17) is 15.3 Å². The quantitative estimate of drug-likeness (QED) is 0.540. The molecule has 0 spiro atoms. The van der Waals surface area contributed by atoms with Crippen molar-refractivity contribution in [2.24, 2.45) is 5.41 Å². The molecule has 0 rings (SSSR count). The summed E-state index contributed by atoms with van der Waals surface area (Å²) in [5.74, 6) is -4.63. The molecule has 0 aliphatic heterocycles. The van der Waals surface area contributed by atoms with Crippen LogP contribution >= 0.6 is 0 Å². The van der Waals surface area contributed by atoms with Crippen LogP contribution < -0.4 is 0 Å². The third-order valence-electron chi connectivity index (χ3n) is 1.95. The van der Waals surface area contributed by atoms with Crippen LogP contribution in [-0.4, -0.2) is 33.2 Å². The number of hydrogen-bond donors (Lipinski definition) is 3. The van der Waals surface area contributed by atoms with Gasteiger partial charge < -0.3 is 15.3 Å². The van der Waals surface area contributed by atoms with Crippen molar-refractivity contribution in [2.75, 3.05) is 0 Å². The zero-order chi connectivity index (χ0) is 11.4. The molecular formula is C8H12O6. The molecule has 80 valence electrons. The average molecular weight is 204 g/mol. The Kier molecular flexibility index (Phi) is 4.07. The van der Waals surface area contributed by atoms with Crippen molar-refractivity contribution in [1.82, 2.24) is 0 Å². The first-order valence-electron chi connectivity index (χ1n) is 4.05. The van der Waals surface area contributed by atoms with Gasteiger partial charge in [0.1, 0.15) is 0 Å². The Bertz CT molecular complexity index is 243. The van der Waals surface area contributed by atoms with Crippen LogP contribution in [0.4, 0.5) is 0 Å². The van der Waals surface area contributed by atoms with Gasteiger partial charge in [-0.25, -0.2) is 0 Å². The number of aliphatic carboxylic acids is 3. The van der Waals surface area contributed by atoms with Gasteiger partial charge in [0.15, 0.2) is 5.41 Å². The molecule has 0 atom stereocenters. The highest BCUT2D eigenvalue weighted by atomic mass is 16.4. The highest BCUT2D eigenvalue weighted by Crippen LogP contribution is 2.29. The fourth-order valence-corrected chi connectivity index (χ4v) is 1.23. The average Bonchev–Trinajstić information content (AvgIpc) is 2.01. The summed E-state index contributed by atoms with van der Waals surface area (Å²) >= 11 is 0. The molecule has 0 heterocycles. The Labute approximate surface area is 80.2 Å². The molecule has 0 bridgehead atoms. The summed E-state index contributed by atoms with van der Waals surface area (Å²) in [5, 5.41) is 25.9. The fraction of sp³-hybridized carbons (Fsp3) is 0.625. The monoisotopic (exact) mass is 204 g/mol. The van der Waals surface area contributed by atoms with Gasteiger partial charge in [-0.1, -0.05) is 13.3 Å². The fourth-order valence-electron chi connectivity index (χ4n) is 1.23. The summed E-state index contributed by atoms with van der Waals surface area (Å²) in [6.07, 6.45) is -0.790. The maximum Gasteiger partial charge on any atom is 0.321 e. The second-order valence-corrected chi connectivity index (χ2v) is 3.01. The molecule has 0 amide bonds. The van der Waals surface area contributed by atoms with Crippen molar-refractivity contribution in [2.45, 2.75) is 26.2 Å². The summed E-state index contributed by atoms with van der Waals surface area (Å²) in [4.78, 5) is 31.9. The molecule has 0 aromatic carbocycles. The second kappa shape index (κ2) is 4.59. The van der Waals surface area contributed by atoms with Crippen LogP contribution in [0.15, 0.2) is 0 Å². The molecule has 0 fully saturated rings. The predicted octanol–water partition coefficient (Wildman–Crippen LogP) is 0.417. The van der Waals surface area contributed by atoms with Crippen LogP contribution in [0.5, 0.6) is 0 Å². The molecule has 0 aromatic heterocycles. The van der Waals surface area contributed by atoms with Crippen LogP contribution in [-0.2, 0) is 14.4 Å². The van der Waals surface area contributed by atoms with E-state index in [2.05, 4.69) is 0 Å². The summed E-state index contributed by atoms with van der Waals surface area (Å²) in [6.45, 7) is 1.60. The Hall–Kier alpha value is -1.59. The van der Waals surface area contributed by atoms with E-state index in [1.165, 1.54) is 0 Å². The third kappa shape index (κ3) is 2.45. The van der Waals surface area contributed by atoms with Crippen molar-refractivity contribution in [3.8, 4) is 0 Å². The van der Waals surface area contributed by atoms with E-state index >= 15 is 0 Å². The molecular weight excluding hydrogens is 192 g/mol. The number of carboxylic acid groups (broad SMARTS) is 3. The van der Waals surface area contributed by atoms with E-state index < -0.39 is 29.7 Å². The number of rotatable bonds is 6. The topological polar surface area (TPSA) is 112 Å². The number of hydrogen-bond acceptors (Lipinski definition) is 3. The van der Waals surface area contributed by atoms with Crippen LogP contribution in [0.2, 0.25) is 0 Å². The summed E-state index contributed by atoms with van der Waals surface area (Å²) in [7, 11) is 0. The van der Waals surface area contributed by atoms with Gasteiger partial charge in [0.05, 0.1) is 6.42 Å². The lowest BCUT2D eigenvalue weighted by molar-refractivity contribution is -0.170. The van der Waals surface area contributed by atoms with Crippen LogP contribution in [0.1, 0.15) is 26.2 Å². The Morgan fingerprint density at radius 1 is 1.07 bits per heavy atom. The molecule has 0 aromatic rings. The van der Waals surface area contributed by atoms with Crippen molar-refractivity contribution in [1.29, 1.82) is 0 Å².